The Morgan fingerprint density at radius 1 is 1.14 bits per heavy atom. The summed E-state index contributed by atoms with van der Waals surface area (Å²) in [5.41, 5.74) is 7.07. The van der Waals surface area contributed by atoms with Crippen molar-refractivity contribution in [1.29, 1.82) is 0 Å². The molecule has 0 saturated heterocycles. The Morgan fingerprint density at radius 3 is 2.50 bits per heavy atom. The zero-order valence-electron chi connectivity index (χ0n) is 13.1. The summed E-state index contributed by atoms with van der Waals surface area (Å²) < 4.78 is 4.91. The average Bonchev–Trinajstić information content (AvgIpc) is 2.83. The maximum atomic E-state index is 11.5. The number of carbonyl (C=O) groups excluding carboxylic acids is 1. The normalized spacial score (nSPS) is 11.6. The van der Waals surface area contributed by atoms with Crippen molar-refractivity contribution in [2.45, 2.75) is 13.3 Å². The second-order valence-electron chi connectivity index (χ2n) is 5.63. The Hall–Kier alpha value is -2.49. The van der Waals surface area contributed by atoms with E-state index >= 15 is 0 Å². The summed E-state index contributed by atoms with van der Waals surface area (Å²) in [5, 5.41) is 2.76. The van der Waals surface area contributed by atoms with Gasteiger partial charge in [0.1, 0.15) is 0 Å². The highest BCUT2D eigenvalue weighted by molar-refractivity contribution is 5.87. The van der Waals surface area contributed by atoms with Crippen LogP contribution in [0.5, 0.6) is 0 Å². The molecule has 0 aliphatic heterocycles. The fourth-order valence-corrected chi connectivity index (χ4v) is 2.84. The molecule has 2 aromatic carbocycles. The summed E-state index contributed by atoms with van der Waals surface area (Å²) in [5.74, 6) is 0. The summed E-state index contributed by atoms with van der Waals surface area (Å²) in [6, 6.07) is 12.6. The summed E-state index contributed by atoms with van der Waals surface area (Å²) in [7, 11) is 4.09. The molecule has 0 heterocycles. The molecule has 1 N–H and O–H groups in total. The first-order chi connectivity index (χ1) is 10.6. The highest BCUT2D eigenvalue weighted by Crippen LogP contribution is 2.39. The van der Waals surface area contributed by atoms with Gasteiger partial charge >= 0.3 is 6.09 Å². The minimum Gasteiger partial charge on any atom is -0.450 e. The van der Waals surface area contributed by atoms with Crippen LogP contribution < -0.4 is 10.2 Å². The number of carbonyl (C=O) groups is 1. The molecular formula is C18H20N2O2. The van der Waals surface area contributed by atoms with Crippen LogP contribution in [-0.4, -0.2) is 26.8 Å². The van der Waals surface area contributed by atoms with E-state index in [-0.39, 0.29) is 0 Å². The lowest BCUT2D eigenvalue weighted by Crippen LogP contribution is -2.13. The maximum Gasteiger partial charge on any atom is 0.411 e. The van der Waals surface area contributed by atoms with Crippen LogP contribution >= 0.6 is 0 Å². The first-order valence-electron chi connectivity index (χ1n) is 7.46. The quantitative estimate of drug-likeness (QED) is 0.797. The van der Waals surface area contributed by atoms with Gasteiger partial charge in [0, 0.05) is 25.5 Å². The second-order valence-corrected chi connectivity index (χ2v) is 5.63. The van der Waals surface area contributed by atoms with Gasteiger partial charge in [-0.25, -0.2) is 4.79 Å². The molecule has 4 nitrogen and oxygen atoms in total. The third-order valence-electron chi connectivity index (χ3n) is 3.90. The molecule has 1 aliphatic carbocycles. The Balaban J connectivity index is 1.87. The molecule has 0 bridgehead atoms. The van der Waals surface area contributed by atoms with Gasteiger partial charge in [-0.15, -0.1) is 0 Å². The van der Waals surface area contributed by atoms with Crippen LogP contribution in [0.15, 0.2) is 36.4 Å². The number of hydrogen-bond donors (Lipinski definition) is 1. The van der Waals surface area contributed by atoms with Gasteiger partial charge in [0.15, 0.2) is 0 Å². The summed E-state index contributed by atoms with van der Waals surface area (Å²) in [6.07, 6.45) is 0.484. The van der Waals surface area contributed by atoms with Crippen molar-refractivity contribution < 1.29 is 9.53 Å². The van der Waals surface area contributed by atoms with Crippen molar-refractivity contribution >= 4 is 17.5 Å². The lowest BCUT2D eigenvalue weighted by Gasteiger charge is -2.13. The number of fused-ring (bicyclic) bond motifs is 3. The Labute approximate surface area is 130 Å². The topological polar surface area (TPSA) is 41.6 Å². The van der Waals surface area contributed by atoms with Crippen molar-refractivity contribution in [1.82, 2.24) is 0 Å². The van der Waals surface area contributed by atoms with Crippen LogP contribution in [0.4, 0.5) is 16.2 Å². The van der Waals surface area contributed by atoms with E-state index in [0.29, 0.717) is 6.61 Å². The molecule has 0 spiro atoms. The third kappa shape index (κ3) is 2.64. The number of rotatable bonds is 3. The monoisotopic (exact) mass is 296 g/mol. The molecule has 114 valence electrons. The SMILES string of the molecule is CCOC(=O)Nc1ccc2c(c1)Cc1cc(N(C)C)ccc1-2. The molecule has 2 aromatic rings. The van der Waals surface area contributed by atoms with E-state index in [0.717, 1.165) is 12.1 Å². The van der Waals surface area contributed by atoms with Gasteiger partial charge in [-0.3, -0.25) is 5.32 Å². The number of hydrogen-bond acceptors (Lipinski definition) is 3. The van der Waals surface area contributed by atoms with Crippen molar-refractivity contribution in [3.8, 4) is 11.1 Å². The Kier molecular flexibility index (Phi) is 3.75. The van der Waals surface area contributed by atoms with Crippen LogP contribution in [0.2, 0.25) is 0 Å². The van der Waals surface area contributed by atoms with Gasteiger partial charge in [0.25, 0.3) is 0 Å². The van der Waals surface area contributed by atoms with Crippen LogP contribution in [0.25, 0.3) is 11.1 Å². The fourth-order valence-electron chi connectivity index (χ4n) is 2.84. The summed E-state index contributed by atoms with van der Waals surface area (Å²) in [4.78, 5) is 13.6. The predicted molar refractivity (Wildman–Crippen MR) is 89.7 cm³/mol. The molecule has 0 unspecified atom stereocenters. The first-order valence-corrected chi connectivity index (χ1v) is 7.46. The number of amides is 1. The van der Waals surface area contributed by atoms with E-state index in [1.165, 1.54) is 27.9 Å². The zero-order chi connectivity index (χ0) is 15.7. The van der Waals surface area contributed by atoms with Gasteiger partial charge in [-0.05, 0) is 59.9 Å². The summed E-state index contributed by atoms with van der Waals surface area (Å²) >= 11 is 0. The highest BCUT2D eigenvalue weighted by atomic mass is 16.5. The van der Waals surface area contributed by atoms with Gasteiger partial charge in [-0.1, -0.05) is 12.1 Å². The van der Waals surface area contributed by atoms with Gasteiger partial charge in [0.2, 0.25) is 0 Å². The lowest BCUT2D eigenvalue weighted by molar-refractivity contribution is 0.168. The molecule has 4 heteroatoms. The number of anilines is 2. The minimum atomic E-state index is -0.409. The van der Waals surface area contributed by atoms with E-state index in [2.05, 4.69) is 34.5 Å². The van der Waals surface area contributed by atoms with E-state index < -0.39 is 6.09 Å². The molecule has 0 aromatic heterocycles. The molecule has 1 aliphatic rings. The minimum absolute atomic E-state index is 0.371. The Morgan fingerprint density at radius 2 is 1.82 bits per heavy atom. The molecule has 0 saturated carbocycles. The van der Waals surface area contributed by atoms with Gasteiger partial charge in [0.05, 0.1) is 6.61 Å². The van der Waals surface area contributed by atoms with E-state index in [1.807, 2.05) is 26.2 Å². The van der Waals surface area contributed by atoms with E-state index in [4.69, 9.17) is 4.74 Å². The number of nitrogens with one attached hydrogen (secondary N) is 1. The summed E-state index contributed by atoms with van der Waals surface area (Å²) in [6.45, 7) is 2.16. The zero-order valence-corrected chi connectivity index (χ0v) is 13.1. The highest BCUT2D eigenvalue weighted by Gasteiger charge is 2.19. The van der Waals surface area contributed by atoms with Crippen molar-refractivity contribution in [2.75, 3.05) is 30.9 Å². The standard InChI is InChI=1S/C18H20N2O2/c1-4-22-18(21)19-14-5-7-16-12(10-14)9-13-11-15(20(2)3)6-8-17(13)16/h5-8,10-11H,4,9H2,1-3H3,(H,19,21). The largest absolute Gasteiger partial charge is 0.450 e. The molecule has 3 rings (SSSR count). The van der Waals surface area contributed by atoms with Crippen molar-refractivity contribution in [2.24, 2.45) is 0 Å². The maximum absolute atomic E-state index is 11.5. The van der Waals surface area contributed by atoms with E-state index in [1.54, 1.807) is 6.92 Å². The number of nitrogens with zero attached hydrogens (tertiary/aromatic N) is 1. The van der Waals surface area contributed by atoms with E-state index in [9.17, 15) is 4.79 Å². The van der Waals surface area contributed by atoms with Gasteiger partial charge < -0.3 is 9.64 Å². The smallest absolute Gasteiger partial charge is 0.411 e. The van der Waals surface area contributed by atoms with Gasteiger partial charge in [-0.2, -0.15) is 0 Å². The molecular weight excluding hydrogens is 276 g/mol. The number of ether oxygens (including phenoxy) is 1. The molecule has 0 atom stereocenters. The Bertz CT molecular complexity index is 723. The fraction of sp³-hybridized carbons (Fsp3) is 0.278. The molecule has 22 heavy (non-hydrogen) atoms. The van der Waals surface area contributed by atoms with Crippen LogP contribution in [0.3, 0.4) is 0 Å². The van der Waals surface area contributed by atoms with Crippen LogP contribution in [-0.2, 0) is 11.2 Å². The van der Waals surface area contributed by atoms with Crippen molar-refractivity contribution in [3.63, 3.8) is 0 Å². The predicted octanol–water partition coefficient (Wildman–Crippen LogP) is 3.89. The second kappa shape index (κ2) is 5.72. The molecule has 0 fully saturated rings. The first kappa shape index (κ1) is 14.4. The average molecular weight is 296 g/mol. The third-order valence-corrected chi connectivity index (χ3v) is 3.90. The molecule has 0 radical (unpaired) electrons. The van der Waals surface area contributed by atoms with Crippen LogP contribution in [0, 0.1) is 0 Å². The lowest BCUT2D eigenvalue weighted by atomic mass is 10.0. The molecule has 1 amide bonds. The van der Waals surface area contributed by atoms with Crippen molar-refractivity contribution in [3.05, 3.63) is 47.5 Å². The number of benzene rings is 2. The van der Waals surface area contributed by atoms with Crippen LogP contribution in [0.1, 0.15) is 18.1 Å².